The SMILES string of the molecule is CC(C)(CCNC1CCCNC1=O)C(N)=NO. The van der Waals surface area contributed by atoms with Crippen molar-refractivity contribution in [2.45, 2.75) is 39.2 Å². The Kier molecular flexibility index (Phi) is 4.74. The molecular formula is C11H22N4O2. The first-order chi connectivity index (χ1) is 7.97. The average Bonchev–Trinajstić information content (AvgIpc) is 2.30. The van der Waals surface area contributed by atoms with Crippen LogP contribution in [0.2, 0.25) is 0 Å². The van der Waals surface area contributed by atoms with E-state index in [4.69, 9.17) is 10.9 Å². The van der Waals surface area contributed by atoms with Crippen LogP contribution in [0.15, 0.2) is 5.16 Å². The fraction of sp³-hybridized carbons (Fsp3) is 0.818. The van der Waals surface area contributed by atoms with E-state index in [-0.39, 0.29) is 23.2 Å². The van der Waals surface area contributed by atoms with Crippen LogP contribution >= 0.6 is 0 Å². The monoisotopic (exact) mass is 242 g/mol. The Hall–Kier alpha value is -1.30. The lowest BCUT2D eigenvalue weighted by atomic mass is 9.88. The molecule has 0 spiro atoms. The molecule has 17 heavy (non-hydrogen) atoms. The molecule has 0 aromatic carbocycles. The lowest BCUT2D eigenvalue weighted by Crippen LogP contribution is -2.49. The summed E-state index contributed by atoms with van der Waals surface area (Å²) in [4.78, 5) is 11.5. The fourth-order valence-corrected chi connectivity index (χ4v) is 1.79. The van der Waals surface area contributed by atoms with Crippen molar-refractivity contribution in [3.63, 3.8) is 0 Å². The van der Waals surface area contributed by atoms with E-state index in [2.05, 4.69) is 15.8 Å². The summed E-state index contributed by atoms with van der Waals surface area (Å²) in [7, 11) is 0. The van der Waals surface area contributed by atoms with Gasteiger partial charge in [0.15, 0.2) is 0 Å². The summed E-state index contributed by atoms with van der Waals surface area (Å²) in [5.41, 5.74) is 5.22. The highest BCUT2D eigenvalue weighted by atomic mass is 16.4. The van der Waals surface area contributed by atoms with E-state index < -0.39 is 0 Å². The van der Waals surface area contributed by atoms with Crippen molar-refractivity contribution < 1.29 is 10.0 Å². The molecule has 0 radical (unpaired) electrons. The molecule has 5 N–H and O–H groups in total. The molecule has 1 heterocycles. The largest absolute Gasteiger partial charge is 0.409 e. The lowest BCUT2D eigenvalue weighted by Gasteiger charge is -2.26. The van der Waals surface area contributed by atoms with Gasteiger partial charge in [0.1, 0.15) is 5.84 Å². The molecule has 0 aromatic heterocycles. The van der Waals surface area contributed by atoms with E-state index in [1.165, 1.54) is 0 Å². The van der Waals surface area contributed by atoms with Crippen LogP contribution in [0.5, 0.6) is 0 Å². The summed E-state index contributed by atoms with van der Waals surface area (Å²) in [5.74, 6) is 0.283. The highest BCUT2D eigenvalue weighted by Crippen LogP contribution is 2.19. The number of carbonyl (C=O) groups excluding carboxylic acids is 1. The van der Waals surface area contributed by atoms with Crippen molar-refractivity contribution in [1.82, 2.24) is 10.6 Å². The van der Waals surface area contributed by atoms with Gasteiger partial charge in [-0.2, -0.15) is 0 Å². The second-order valence-corrected chi connectivity index (χ2v) is 5.06. The summed E-state index contributed by atoms with van der Waals surface area (Å²) in [6.07, 6.45) is 2.59. The number of nitrogens with two attached hydrogens (primary N) is 1. The number of nitrogens with zero attached hydrogens (tertiary/aromatic N) is 1. The highest BCUT2D eigenvalue weighted by Gasteiger charge is 2.25. The fourth-order valence-electron chi connectivity index (χ4n) is 1.79. The molecule has 1 aliphatic heterocycles. The van der Waals surface area contributed by atoms with Gasteiger partial charge in [-0.25, -0.2) is 0 Å². The molecule has 0 bridgehead atoms. The third-order valence-electron chi connectivity index (χ3n) is 3.23. The zero-order valence-electron chi connectivity index (χ0n) is 10.5. The molecule has 0 saturated carbocycles. The number of amidine groups is 1. The molecule has 0 aliphatic carbocycles. The number of hydrogen-bond donors (Lipinski definition) is 4. The van der Waals surface area contributed by atoms with Crippen LogP contribution in [-0.4, -0.2) is 36.1 Å². The standard InChI is InChI=1S/C11H22N4O2/c1-11(2,10(12)15-17)5-7-13-8-4-3-6-14-9(8)16/h8,13,17H,3-7H2,1-2H3,(H2,12,15)(H,14,16). The van der Waals surface area contributed by atoms with Crippen molar-refractivity contribution in [2.75, 3.05) is 13.1 Å². The molecule has 1 unspecified atom stereocenters. The van der Waals surface area contributed by atoms with Gasteiger partial charge in [-0.1, -0.05) is 19.0 Å². The minimum atomic E-state index is -0.368. The van der Waals surface area contributed by atoms with Crippen LogP contribution in [0.3, 0.4) is 0 Å². The highest BCUT2D eigenvalue weighted by molar-refractivity contribution is 5.85. The first-order valence-electron chi connectivity index (χ1n) is 5.96. The molecule has 0 aromatic rings. The Balaban J connectivity index is 2.34. The molecule has 6 heteroatoms. The first-order valence-corrected chi connectivity index (χ1v) is 5.96. The summed E-state index contributed by atoms with van der Waals surface area (Å²) in [6.45, 7) is 5.25. The van der Waals surface area contributed by atoms with E-state index in [1.807, 2.05) is 13.8 Å². The van der Waals surface area contributed by atoms with E-state index in [9.17, 15) is 4.79 Å². The Morgan fingerprint density at radius 1 is 1.71 bits per heavy atom. The second-order valence-electron chi connectivity index (χ2n) is 5.06. The Labute approximate surface area is 102 Å². The van der Waals surface area contributed by atoms with E-state index >= 15 is 0 Å². The van der Waals surface area contributed by atoms with E-state index in [0.29, 0.717) is 13.0 Å². The van der Waals surface area contributed by atoms with Gasteiger partial charge in [0.2, 0.25) is 5.91 Å². The number of rotatable bonds is 5. The van der Waals surface area contributed by atoms with Crippen LogP contribution in [0.25, 0.3) is 0 Å². The summed E-state index contributed by atoms with van der Waals surface area (Å²) in [5, 5.41) is 17.7. The zero-order valence-corrected chi connectivity index (χ0v) is 10.5. The minimum absolute atomic E-state index is 0.0675. The van der Waals surface area contributed by atoms with Gasteiger partial charge >= 0.3 is 0 Å². The molecular weight excluding hydrogens is 220 g/mol. The molecule has 1 rings (SSSR count). The van der Waals surface area contributed by atoms with Crippen molar-refractivity contribution in [2.24, 2.45) is 16.3 Å². The van der Waals surface area contributed by atoms with Gasteiger partial charge in [-0.05, 0) is 25.8 Å². The van der Waals surface area contributed by atoms with Crippen LogP contribution in [-0.2, 0) is 4.79 Å². The van der Waals surface area contributed by atoms with Crippen LogP contribution in [0.1, 0.15) is 33.1 Å². The quantitative estimate of drug-likeness (QED) is 0.236. The predicted molar refractivity (Wildman–Crippen MR) is 65.8 cm³/mol. The van der Waals surface area contributed by atoms with Gasteiger partial charge in [0.05, 0.1) is 6.04 Å². The Morgan fingerprint density at radius 3 is 3.00 bits per heavy atom. The maximum atomic E-state index is 11.5. The minimum Gasteiger partial charge on any atom is -0.409 e. The number of piperidine rings is 1. The van der Waals surface area contributed by atoms with Crippen molar-refractivity contribution >= 4 is 11.7 Å². The average molecular weight is 242 g/mol. The Bertz CT molecular complexity index is 302. The second kappa shape index (κ2) is 5.86. The van der Waals surface area contributed by atoms with Crippen molar-refractivity contribution in [3.05, 3.63) is 0 Å². The zero-order chi connectivity index (χ0) is 12.9. The molecule has 6 nitrogen and oxygen atoms in total. The summed E-state index contributed by atoms with van der Waals surface area (Å²) < 4.78 is 0. The van der Waals surface area contributed by atoms with Crippen LogP contribution in [0.4, 0.5) is 0 Å². The van der Waals surface area contributed by atoms with Gasteiger partial charge in [0.25, 0.3) is 0 Å². The summed E-state index contributed by atoms with van der Waals surface area (Å²) in [6, 6.07) is -0.105. The topological polar surface area (TPSA) is 99.7 Å². The van der Waals surface area contributed by atoms with Crippen molar-refractivity contribution in [1.29, 1.82) is 0 Å². The maximum Gasteiger partial charge on any atom is 0.237 e. The maximum absolute atomic E-state index is 11.5. The van der Waals surface area contributed by atoms with Crippen LogP contribution in [0, 0.1) is 5.41 Å². The number of hydrogen-bond acceptors (Lipinski definition) is 4. The number of carbonyl (C=O) groups is 1. The molecule has 98 valence electrons. The third-order valence-corrected chi connectivity index (χ3v) is 3.23. The van der Waals surface area contributed by atoms with E-state index in [1.54, 1.807) is 0 Å². The Morgan fingerprint density at radius 2 is 2.41 bits per heavy atom. The predicted octanol–water partition coefficient (Wildman–Crippen LogP) is 0.0173. The molecule has 1 fully saturated rings. The normalized spacial score (nSPS) is 22.4. The molecule has 1 aliphatic rings. The van der Waals surface area contributed by atoms with Gasteiger partial charge in [-0.3, -0.25) is 4.79 Å². The van der Waals surface area contributed by atoms with Gasteiger partial charge in [-0.15, -0.1) is 0 Å². The van der Waals surface area contributed by atoms with E-state index in [0.717, 1.165) is 19.4 Å². The molecule has 1 saturated heterocycles. The van der Waals surface area contributed by atoms with Crippen molar-refractivity contribution in [3.8, 4) is 0 Å². The molecule has 1 atom stereocenters. The number of nitrogens with one attached hydrogen (secondary N) is 2. The number of amides is 1. The lowest BCUT2D eigenvalue weighted by molar-refractivity contribution is -0.124. The van der Waals surface area contributed by atoms with Gasteiger partial charge in [0, 0.05) is 12.0 Å². The summed E-state index contributed by atoms with van der Waals surface area (Å²) >= 11 is 0. The smallest absolute Gasteiger partial charge is 0.237 e. The first kappa shape index (κ1) is 13.8. The number of oxime groups is 1. The van der Waals surface area contributed by atoms with Gasteiger partial charge < -0.3 is 21.6 Å². The van der Waals surface area contributed by atoms with Crippen LogP contribution < -0.4 is 16.4 Å². The molecule has 1 amide bonds. The third kappa shape index (κ3) is 3.89.